The molecular weight excluding hydrogens is 342 g/mol. The van der Waals surface area contributed by atoms with Gasteiger partial charge in [-0.25, -0.2) is 4.98 Å². The van der Waals surface area contributed by atoms with E-state index in [9.17, 15) is 9.90 Å². The van der Waals surface area contributed by atoms with E-state index in [1.807, 2.05) is 12.1 Å². The third-order valence-electron chi connectivity index (χ3n) is 3.23. The maximum absolute atomic E-state index is 10.6. The lowest BCUT2D eigenvalue weighted by Crippen LogP contribution is -2.09. The number of hydrogen-bond donors (Lipinski definition) is 4. The van der Waals surface area contributed by atoms with Gasteiger partial charge in [0.25, 0.3) is 0 Å². The van der Waals surface area contributed by atoms with Crippen LogP contribution in [0.15, 0.2) is 53.9 Å². The minimum Gasteiger partial charge on any atom is -0.481 e. The first kappa shape index (κ1) is 16.9. The average Bonchev–Trinajstić information content (AvgIpc) is 3.10. The van der Waals surface area contributed by atoms with E-state index in [0.717, 1.165) is 17.3 Å². The number of nitrogens with zero attached hydrogens (tertiary/aromatic N) is 3. The maximum atomic E-state index is 10.6. The van der Waals surface area contributed by atoms with Crippen LogP contribution in [0.5, 0.6) is 0 Å². The summed E-state index contributed by atoms with van der Waals surface area (Å²) >= 11 is 1.03. The minimum absolute atomic E-state index is 0.106. The van der Waals surface area contributed by atoms with Crippen LogP contribution in [0.3, 0.4) is 0 Å². The van der Waals surface area contributed by atoms with Crippen molar-refractivity contribution in [2.24, 2.45) is 0 Å². The van der Waals surface area contributed by atoms with Gasteiger partial charge in [-0.1, -0.05) is 30.0 Å². The van der Waals surface area contributed by atoms with E-state index in [0.29, 0.717) is 22.2 Å². The molecule has 0 aliphatic rings. The van der Waals surface area contributed by atoms with Gasteiger partial charge in [-0.3, -0.25) is 14.9 Å². The molecule has 0 saturated heterocycles. The monoisotopic (exact) mass is 357 g/mol. The smallest absolute Gasteiger partial charge is 0.313 e. The van der Waals surface area contributed by atoms with Crippen LogP contribution in [0.25, 0.3) is 11.4 Å². The first-order valence-corrected chi connectivity index (χ1v) is 8.32. The van der Waals surface area contributed by atoms with Gasteiger partial charge in [0.05, 0.1) is 17.6 Å². The van der Waals surface area contributed by atoms with E-state index in [4.69, 9.17) is 5.11 Å². The Morgan fingerprint density at radius 2 is 2.20 bits per heavy atom. The van der Waals surface area contributed by atoms with E-state index in [1.54, 1.807) is 36.7 Å². The molecule has 0 aliphatic heterocycles. The number of benzene rings is 1. The number of aliphatic hydroxyl groups is 1. The molecule has 9 heteroatoms. The summed E-state index contributed by atoms with van der Waals surface area (Å²) in [5, 5.41) is 29.1. The zero-order valence-electron chi connectivity index (χ0n) is 13.0. The van der Waals surface area contributed by atoms with Crippen LogP contribution in [0.1, 0.15) is 11.8 Å². The van der Waals surface area contributed by atoms with Crippen molar-refractivity contribution in [1.82, 2.24) is 20.2 Å². The second-order valence-corrected chi connectivity index (χ2v) is 6.01. The lowest BCUT2D eigenvalue weighted by atomic mass is 10.1. The first-order chi connectivity index (χ1) is 12.1. The second-order valence-electron chi connectivity index (χ2n) is 5.06. The third kappa shape index (κ3) is 4.55. The molecule has 128 valence electrons. The number of carboxylic acids is 1. The minimum atomic E-state index is -0.928. The van der Waals surface area contributed by atoms with Crippen molar-refractivity contribution in [2.45, 2.75) is 11.4 Å². The summed E-state index contributed by atoms with van der Waals surface area (Å²) in [7, 11) is 0. The van der Waals surface area contributed by atoms with Gasteiger partial charge in [-0.05, 0) is 18.2 Å². The van der Waals surface area contributed by atoms with Crippen molar-refractivity contribution in [3.63, 3.8) is 0 Å². The van der Waals surface area contributed by atoms with Crippen molar-refractivity contribution in [3.8, 4) is 11.4 Å². The van der Waals surface area contributed by atoms with Crippen LogP contribution >= 0.6 is 11.8 Å². The van der Waals surface area contributed by atoms with Gasteiger partial charge in [0.15, 0.2) is 12.1 Å². The van der Waals surface area contributed by atoms with E-state index in [1.165, 1.54) is 0 Å². The predicted octanol–water partition coefficient (Wildman–Crippen LogP) is 2.15. The molecule has 0 radical (unpaired) electrons. The van der Waals surface area contributed by atoms with Crippen LogP contribution in [0.2, 0.25) is 0 Å². The SMILES string of the molecule is O=C(O)CSc1n[nH]c(-c2cccc(C(O)Nc3cccnc3)c2)n1. The van der Waals surface area contributed by atoms with E-state index in [2.05, 4.69) is 25.5 Å². The number of H-pyrrole nitrogens is 1. The molecule has 3 rings (SSSR count). The third-order valence-corrected chi connectivity index (χ3v) is 4.06. The molecule has 3 aromatic rings. The Hall–Kier alpha value is -2.91. The van der Waals surface area contributed by atoms with E-state index < -0.39 is 12.2 Å². The summed E-state index contributed by atoms with van der Waals surface area (Å²) in [4.78, 5) is 18.8. The lowest BCUT2D eigenvalue weighted by molar-refractivity contribution is -0.133. The number of carboxylic acid groups (broad SMARTS) is 1. The molecule has 2 heterocycles. The summed E-state index contributed by atoms with van der Waals surface area (Å²) in [6, 6.07) is 10.8. The average molecular weight is 357 g/mol. The molecule has 0 fully saturated rings. The van der Waals surface area contributed by atoms with Crippen molar-refractivity contribution < 1.29 is 15.0 Å². The Balaban J connectivity index is 1.74. The van der Waals surface area contributed by atoms with E-state index in [-0.39, 0.29) is 5.75 Å². The Bertz CT molecular complexity index is 856. The van der Waals surface area contributed by atoms with Crippen molar-refractivity contribution in [3.05, 3.63) is 54.4 Å². The van der Waals surface area contributed by atoms with E-state index >= 15 is 0 Å². The van der Waals surface area contributed by atoms with Crippen molar-refractivity contribution in [1.29, 1.82) is 0 Å². The van der Waals surface area contributed by atoms with Gasteiger partial charge in [0, 0.05) is 17.3 Å². The number of thioether (sulfide) groups is 1. The standard InChI is InChI=1S/C16H15N5O3S/c22-13(23)9-25-16-19-14(20-21-16)10-3-1-4-11(7-10)15(24)18-12-5-2-6-17-8-12/h1-8,15,18,24H,9H2,(H,22,23)(H,19,20,21). The van der Waals surface area contributed by atoms with Gasteiger partial charge < -0.3 is 15.5 Å². The Labute approximate surface area is 147 Å². The number of nitrogens with one attached hydrogen (secondary N) is 2. The molecule has 25 heavy (non-hydrogen) atoms. The number of aliphatic carboxylic acids is 1. The lowest BCUT2D eigenvalue weighted by Gasteiger charge is -2.14. The highest BCUT2D eigenvalue weighted by molar-refractivity contribution is 7.99. The van der Waals surface area contributed by atoms with Crippen molar-refractivity contribution >= 4 is 23.4 Å². The molecule has 1 unspecified atom stereocenters. The normalized spacial score (nSPS) is 11.9. The van der Waals surface area contributed by atoms with Crippen LogP contribution in [0.4, 0.5) is 5.69 Å². The van der Waals surface area contributed by atoms with Crippen LogP contribution in [0, 0.1) is 0 Å². The van der Waals surface area contributed by atoms with Gasteiger partial charge in [-0.15, -0.1) is 5.10 Å². The quantitative estimate of drug-likeness (QED) is 0.374. The summed E-state index contributed by atoms with van der Waals surface area (Å²) in [6.07, 6.45) is 2.37. The van der Waals surface area contributed by atoms with Gasteiger partial charge >= 0.3 is 5.97 Å². The molecule has 0 spiro atoms. The second kappa shape index (κ2) is 7.77. The zero-order chi connectivity index (χ0) is 17.6. The maximum Gasteiger partial charge on any atom is 0.313 e. The highest BCUT2D eigenvalue weighted by Crippen LogP contribution is 2.23. The van der Waals surface area contributed by atoms with Crippen molar-refractivity contribution in [2.75, 3.05) is 11.1 Å². The number of anilines is 1. The number of aromatic amines is 1. The highest BCUT2D eigenvalue weighted by atomic mass is 32.2. The molecule has 0 aliphatic carbocycles. The molecule has 0 amide bonds. The Morgan fingerprint density at radius 3 is 2.96 bits per heavy atom. The summed E-state index contributed by atoms with van der Waals surface area (Å²) in [6.45, 7) is 0. The van der Waals surface area contributed by atoms with Gasteiger partial charge in [0.1, 0.15) is 0 Å². The molecule has 1 atom stereocenters. The summed E-state index contributed by atoms with van der Waals surface area (Å²) in [5.74, 6) is -0.531. The molecular formula is C16H15N5O3S. The number of aromatic nitrogens is 4. The number of carbonyl (C=O) groups is 1. The molecule has 4 N–H and O–H groups in total. The molecule has 2 aromatic heterocycles. The number of aliphatic hydroxyl groups excluding tert-OH is 1. The molecule has 0 saturated carbocycles. The fraction of sp³-hybridized carbons (Fsp3) is 0.125. The van der Waals surface area contributed by atoms with Crippen LogP contribution < -0.4 is 5.32 Å². The number of hydrogen-bond acceptors (Lipinski definition) is 7. The number of rotatable bonds is 7. The topological polar surface area (TPSA) is 124 Å². The van der Waals surface area contributed by atoms with Crippen LogP contribution in [-0.4, -0.2) is 42.1 Å². The summed E-state index contributed by atoms with van der Waals surface area (Å²) < 4.78 is 0. The molecule has 8 nitrogen and oxygen atoms in total. The Morgan fingerprint density at radius 1 is 1.32 bits per heavy atom. The van der Waals surface area contributed by atoms with Crippen LogP contribution in [-0.2, 0) is 4.79 Å². The molecule has 0 bridgehead atoms. The van der Waals surface area contributed by atoms with Gasteiger partial charge in [-0.2, -0.15) is 0 Å². The largest absolute Gasteiger partial charge is 0.481 e. The first-order valence-electron chi connectivity index (χ1n) is 7.34. The fourth-order valence-corrected chi connectivity index (χ4v) is 2.63. The predicted molar refractivity (Wildman–Crippen MR) is 93.0 cm³/mol. The fourth-order valence-electron chi connectivity index (χ4n) is 2.11. The summed E-state index contributed by atoms with van der Waals surface area (Å²) in [5.41, 5.74) is 2.09. The zero-order valence-corrected chi connectivity index (χ0v) is 13.8. The molecule has 1 aromatic carbocycles. The van der Waals surface area contributed by atoms with Gasteiger partial charge in [0.2, 0.25) is 5.16 Å². The highest BCUT2D eigenvalue weighted by Gasteiger charge is 2.12. The number of pyridine rings is 1. The Kier molecular flexibility index (Phi) is 5.26.